The molecule has 1 aliphatic heterocycles. The van der Waals surface area contributed by atoms with Crippen LogP contribution in [-0.4, -0.2) is 26.0 Å². The van der Waals surface area contributed by atoms with E-state index in [0.29, 0.717) is 11.8 Å². The number of hydrogen-bond donors (Lipinski definition) is 2. The molecule has 1 aromatic rings. The molecule has 0 radical (unpaired) electrons. The topological polar surface area (TPSA) is 72.2 Å². The third kappa shape index (κ3) is 3.61. The SMILES string of the molecule is Nc1c(F)cccc1S(=O)(=O)NCC1CCCCS1. The van der Waals surface area contributed by atoms with E-state index in [1.165, 1.54) is 18.6 Å². The zero-order valence-electron chi connectivity index (χ0n) is 10.4. The van der Waals surface area contributed by atoms with E-state index < -0.39 is 15.8 Å². The van der Waals surface area contributed by atoms with Crippen LogP contribution in [0.15, 0.2) is 23.1 Å². The molecular formula is C12H17FN2O2S2. The van der Waals surface area contributed by atoms with Crippen molar-refractivity contribution >= 4 is 27.5 Å². The Balaban J connectivity index is 2.07. The number of rotatable bonds is 4. The van der Waals surface area contributed by atoms with Gasteiger partial charge in [-0.1, -0.05) is 12.5 Å². The number of halogens is 1. The van der Waals surface area contributed by atoms with Crippen molar-refractivity contribution in [2.24, 2.45) is 0 Å². The molecule has 0 bridgehead atoms. The van der Waals surface area contributed by atoms with E-state index in [-0.39, 0.29) is 10.6 Å². The van der Waals surface area contributed by atoms with Gasteiger partial charge in [-0.15, -0.1) is 0 Å². The number of para-hydroxylation sites is 1. The lowest BCUT2D eigenvalue weighted by Crippen LogP contribution is -2.32. The lowest BCUT2D eigenvalue weighted by Gasteiger charge is -2.21. The van der Waals surface area contributed by atoms with Crippen LogP contribution in [0.4, 0.5) is 10.1 Å². The minimum absolute atomic E-state index is 0.187. The van der Waals surface area contributed by atoms with Gasteiger partial charge >= 0.3 is 0 Å². The van der Waals surface area contributed by atoms with E-state index in [0.717, 1.165) is 24.7 Å². The molecule has 2 rings (SSSR count). The molecule has 1 heterocycles. The second-order valence-corrected chi connectivity index (χ2v) is 7.64. The maximum absolute atomic E-state index is 13.3. The Hall–Kier alpha value is -0.790. The smallest absolute Gasteiger partial charge is 0.242 e. The summed E-state index contributed by atoms with van der Waals surface area (Å²) >= 11 is 1.77. The summed E-state index contributed by atoms with van der Waals surface area (Å²) in [7, 11) is -3.74. The summed E-state index contributed by atoms with van der Waals surface area (Å²) in [4.78, 5) is -0.187. The van der Waals surface area contributed by atoms with Crippen LogP contribution >= 0.6 is 11.8 Å². The minimum Gasteiger partial charge on any atom is -0.395 e. The van der Waals surface area contributed by atoms with E-state index in [4.69, 9.17) is 5.73 Å². The summed E-state index contributed by atoms with van der Waals surface area (Å²) in [6, 6.07) is 3.80. The molecule has 7 heteroatoms. The average Bonchev–Trinajstić information content (AvgIpc) is 2.41. The van der Waals surface area contributed by atoms with Crippen molar-refractivity contribution in [2.45, 2.75) is 29.4 Å². The van der Waals surface area contributed by atoms with Crippen LogP contribution < -0.4 is 10.5 Å². The standard InChI is InChI=1S/C12H17FN2O2S2/c13-10-5-3-6-11(12(10)14)19(16,17)15-8-9-4-1-2-7-18-9/h3,5-6,9,15H,1-2,4,7-8,14H2. The van der Waals surface area contributed by atoms with Gasteiger partial charge in [-0.05, 0) is 30.7 Å². The first kappa shape index (κ1) is 14.6. The fraction of sp³-hybridized carbons (Fsp3) is 0.500. The molecule has 3 N–H and O–H groups in total. The van der Waals surface area contributed by atoms with Crippen LogP contribution in [0.5, 0.6) is 0 Å². The Kier molecular flexibility index (Phi) is 4.70. The van der Waals surface area contributed by atoms with Crippen LogP contribution in [0.3, 0.4) is 0 Å². The summed E-state index contributed by atoms with van der Waals surface area (Å²) in [5, 5.41) is 0.290. The second kappa shape index (κ2) is 6.11. The third-order valence-corrected chi connectivity index (χ3v) is 5.96. The Morgan fingerprint density at radius 3 is 2.89 bits per heavy atom. The summed E-state index contributed by atoms with van der Waals surface area (Å²) in [5.74, 6) is 0.351. The van der Waals surface area contributed by atoms with E-state index in [9.17, 15) is 12.8 Å². The number of sulfonamides is 1. The average molecular weight is 304 g/mol. The number of nitrogen functional groups attached to an aromatic ring is 1. The Morgan fingerprint density at radius 2 is 2.21 bits per heavy atom. The molecule has 1 atom stereocenters. The highest BCUT2D eigenvalue weighted by atomic mass is 32.2. The van der Waals surface area contributed by atoms with Crippen molar-refractivity contribution in [1.82, 2.24) is 4.72 Å². The largest absolute Gasteiger partial charge is 0.395 e. The van der Waals surface area contributed by atoms with Gasteiger partial charge in [0.15, 0.2) is 0 Å². The molecule has 1 unspecified atom stereocenters. The molecule has 1 aromatic carbocycles. The summed E-state index contributed by atoms with van der Waals surface area (Å²) in [6.45, 7) is 0.364. The molecular weight excluding hydrogens is 287 g/mol. The van der Waals surface area contributed by atoms with E-state index >= 15 is 0 Å². The normalized spacial score (nSPS) is 20.4. The molecule has 0 aliphatic carbocycles. The second-order valence-electron chi connectivity index (χ2n) is 4.49. The van der Waals surface area contributed by atoms with E-state index in [1.807, 2.05) is 0 Å². The third-order valence-electron chi connectivity index (χ3n) is 3.08. The number of anilines is 1. The zero-order chi connectivity index (χ0) is 13.9. The van der Waals surface area contributed by atoms with Crippen molar-refractivity contribution in [1.29, 1.82) is 0 Å². The van der Waals surface area contributed by atoms with Gasteiger partial charge in [0.1, 0.15) is 10.7 Å². The van der Waals surface area contributed by atoms with Crippen molar-refractivity contribution in [2.75, 3.05) is 18.0 Å². The number of hydrogen-bond acceptors (Lipinski definition) is 4. The molecule has 19 heavy (non-hydrogen) atoms. The fourth-order valence-electron chi connectivity index (χ4n) is 2.00. The maximum Gasteiger partial charge on any atom is 0.242 e. The maximum atomic E-state index is 13.3. The van der Waals surface area contributed by atoms with Crippen molar-refractivity contribution in [3.63, 3.8) is 0 Å². The minimum atomic E-state index is -3.74. The van der Waals surface area contributed by atoms with Crippen LogP contribution in [0.25, 0.3) is 0 Å². The van der Waals surface area contributed by atoms with Gasteiger partial charge in [0.2, 0.25) is 10.0 Å². The van der Waals surface area contributed by atoms with Crippen molar-refractivity contribution < 1.29 is 12.8 Å². The quantitative estimate of drug-likeness (QED) is 0.834. The lowest BCUT2D eigenvalue weighted by molar-refractivity contribution is 0.572. The molecule has 4 nitrogen and oxygen atoms in total. The Morgan fingerprint density at radius 1 is 1.42 bits per heavy atom. The van der Waals surface area contributed by atoms with Gasteiger partial charge in [-0.3, -0.25) is 0 Å². The van der Waals surface area contributed by atoms with Gasteiger partial charge in [-0.2, -0.15) is 11.8 Å². The predicted octanol–water partition coefficient (Wildman–Crippen LogP) is 1.97. The van der Waals surface area contributed by atoms with Crippen molar-refractivity contribution in [3.8, 4) is 0 Å². The zero-order valence-corrected chi connectivity index (χ0v) is 12.1. The Labute approximate surface area is 117 Å². The number of benzene rings is 1. The number of nitrogens with two attached hydrogens (primary N) is 1. The Bertz CT molecular complexity index is 543. The van der Waals surface area contributed by atoms with Crippen LogP contribution in [0, 0.1) is 5.82 Å². The van der Waals surface area contributed by atoms with Gasteiger partial charge in [0, 0.05) is 11.8 Å². The lowest BCUT2D eigenvalue weighted by atomic mass is 10.2. The number of thioether (sulfide) groups is 1. The van der Waals surface area contributed by atoms with Crippen LogP contribution in [-0.2, 0) is 10.0 Å². The summed E-state index contributed by atoms with van der Waals surface area (Å²) in [6.07, 6.45) is 3.32. The molecule has 0 amide bonds. The van der Waals surface area contributed by atoms with Gasteiger partial charge in [0.25, 0.3) is 0 Å². The first-order chi connectivity index (χ1) is 9.00. The summed E-state index contributed by atoms with van der Waals surface area (Å²) < 4.78 is 40.0. The first-order valence-electron chi connectivity index (χ1n) is 6.16. The highest BCUT2D eigenvalue weighted by molar-refractivity contribution is 8.00. The summed E-state index contributed by atoms with van der Waals surface area (Å²) in [5.41, 5.74) is 5.15. The molecule has 1 fully saturated rings. The van der Waals surface area contributed by atoms with Gasteiger partial charge in [0.05, 0.1) is 5.69 Å². The number of nitrogens with one attached hydrogen (secondary N) is 1. The highest BCUT2D eigenvalue weighted by Gasteiger charge is 2.22. The van der Waals surface area contributed by atoms with Crippen molar-refractivity contribution in [3.05, 3.63) is 24.0 Å². The molecule has 0 spiro atoms. The monoisotopic (exact) mass is 304 g/mol. The van der Waals surface area contributed by atoms with Gasteiger partial charge in [-0.25, -0.2) is 17.5 Å². The first-order valence-corrected chi connectivity index (χ1v) is 8.69. The molecule has 1 aliphatic rings. The molecule has 106 valence electrons. The fourth-order valence-corrected chi connectivity index (χ4v) is 4.57. The van der Waals surface area contributed by atoms with E-state index in [1.54, 1.807) is 11.8 Å². The molecule has 0 saturated carbocycles. The predicted molar refractivity (Wildman–Crippen MR) is 76.1 cm³/mol. The van der Waals surface area contributed by atoms with Crippen LogP contribution in [0.1, 0.15) is 19.3 Å². The highest BCUT2D eigenvalue weighted by Crippen LogP contribution is 2.25. The molecule has 0 aromatic heterocycles. The van der Waals surface area contributed by atoms with Crippen LogP contribution in [0.2, 0.25) is 0 Å². The van der Waals surface area contributed by atoms with E-state index in [2.05, 4.69) is 4.72 Å². The molecule has 1 saturated heterocycles. The van der Waals surface area contributed by atoms with Gasteiger partial charge < -0.3 is 5.73 Å².